The highest BCUT2D eigenvalue weighted by Crippen LogP contribution is 2.46. The SMILES string of the molecule is Cc1nc2n(n1)C(c1ccc(Cl)cc1Cl)C1=C(CC(C)(C)CC1=O)N2. The maximum atomic E-state index is 13.0. The lowest BCUT2D eigenvalue weighted by Gasteiger charge is -2.38. The average molecular weight is 377 g/mol. The number of anilines is 1. The normalized spacial score (nSPS) is 21.6. The second kappa shape index (κ2) is 5.58. The molecule has 0 bridgehead atoms. The molecule has 2 aromatic rings. The van der Waals surface area contributed by atoms with Crippen LogP contribution in [0.2, 0.25) is 10.0 Å². The Balaban J connectivity index is 1.95. The van der Waals surface area contributed by atoms with Crippen molar-refractivity contribution < 1.29 is 4.79 Å². The molecule has 5 nitrogen and oxygen atoms in total. The van der Waals surface area contributed by atoms with Gasteiger partial charge in [-0.15, -0.1) is 0 Å². The first-order valence-corrected chi connectivity index (χ1v) is 8.92. The van der Waals surface area contributed by atoms with Gasteiger partial charge in [-0.3, -0.25) is 4.79 Å². The summed E-state index contributed by atoms with van der Waals surface area (Å²) in [5, 5.41) is 8.89. The van der Waals surface area contributed by atoms with E-state index in [1.807, 2.05) is 13.0 Å². The fourth-order valence-corrected chi connectivity index (χ4v) is 4.24. The van der Waals surface area contributed by atoms with E-state index < -0.39 is 0 Å². The van der Waals surface area contributed by atoms with Crippen molar-refractivity contribution in [2.45, 2.75) is 39.7 Å². The fraction of sp³-hybridized carbons (Fsp3) is 0.389. The van der Waals surface area contributed by atoms with Gasteiger partial charge in [0.2, 0.25) is 5.95 Å². The molecule has 0 radical (unpaired) electrons. The molecule has 0 saturated carbocycles. The topological polar surface area (TPSA) is 59.8 Å². The number of hydrogen-bond donors (Lipinski definition) is 1. The van der Waals surface area contributed by atoms with Gasteiger partial charge in [0.25, 0.3) is 0 Å². The van der Waals surface area contributed by atoms with Crippen LogP contribution >= 0.6 is 23.2 Å². The van der Waals surface area contributed by atoms with E-state index in [0.717, 1.165) is 23.3 Å². The number of ketones is 1. The number of aryl methyl sites for hydroxylation is 1. The molecule has 1 aromatic carbocycles. The van der Waals surface area contributed by atoms with Gasteiger partial charge in [-0.05, 0) is 30.9 Å². The van der Waals surface area contributed by atoms with Gasteiger partial charge in [0.15, 0.2) is 5.78 Å². The van der Waals surface area contributed by atoms with E-state index in [0.29, 0.717) is 28.2 Å². The number of allylic oxidation sites excluding steroid dienone is 2. The standard InChI is InChI=1S/C18H18Cl2N4O/c1-9-21-17-22-13-7-18(2,3)8-14(25)15(13)16(24(17)23-9)11-5-4-10(19)6-12(11)20/h4-6,16H,7-8H2,1-3H3,(H,21,22,23). The Kier molecular flexibility index (Phi) is 3.71. The molecule has 1 aliphatic carbocycles. The highest BCUT2D eigenvalue weighted by Gasteiger charge is 2.42. The van der Waals surface area contributed by atoms with Crippen LogP contribution in [0.1, 0.15) is 44.1 Å². The first-order chi connectivity index (χ1) is 11.7. The lowest BCUT2D eigenvalue weighted by atomic mass is 9.73. The van der Waals surface area contributed by atoms with Crippen molar-refractivity contribution in [3.05, 3.63) is 50.9 Å². The van der Waals surface area contributed by atoms with E-state index in [9.17, 15) is 4.79 Å². The van der Waals surface area contributed by atoms with E-state index in [2.05, 4.69) is 29.2 Å². The monoisotopic (exact) mass is 376 g/mol. The highest BCUT2D eigenvalue weighted by atomic mass is 35.5. The number of fused-ring (bicyclic) bond motifs is 1. The van der Waals surface area contributed by atoms with Crippen molar-refractivity contribution in [1.29, 1.82) is 0 Å². The predicted molar refractivity (Wildman–Crippen MR) is 98.0 cm³/mol. The number of hydrogen-bond acceptors (Lipinski definition) is 4. The van der Waals surface area contributed by atoms with Crippen molar-refractivity contribution in [2.75, 3.05) is 5.32 Å². The third-order valence-corrected chi connectivity index (χ3v) is 5.26. The van der Waals surface area contributed by atoms with Crippen LogP contribution in [0.3, 0.4) is 0 Å². The van der Waals surface area contributed by atoms with E-state index in [1.165, 1.54) is 0 Å². The van der Waals surface area contributed by atoms with Crippen LogP contribution in [-0.2, 0) is 4.79 Å². The Bertz CT molecular complexity index is 929. The van der Waals surface area contributed by atoms with Gasteiger partial charge in [0, 0.05) is 33.3 Å². The molecule has 7 heteroatoms. The van der Waals surface area contributed by atoms with Crippen LogP contribution in [0.15, 0.2) is 29.5 Å². The summed E-state index contributed by atoms with van der Waals surface area (Å²) in [7, 11) is 0. The van der Waals surface area contributed by atoms with Crippen LogP contribution in [0.4, 0.5) is 5.95 Å². The largest absolute Gasteiger partial charge is 0.328 e. The molecule has 0 saturated heterocycles. The summed E-state index contributed by atoms with van der Waals surface area (Å²) in [4.78, 5) is 17.5. The number of benzene rings is 1. The summed E-state index contributed by atoms with van der Waals surface area (Å²) < 4.78 is 1.75. The molecule has 1 atom stereocenters. The number of carbonyl (C=O) groups is 1. The third-order valence-electron chi connectivity index (χ3n) is 4.69. The maximum Gasteiger partial charge on any atom is 0.226 e. The van der Waals surface area contributed by atoms with Crippen LogP contribution in [0.25, 0.3) is 0 Å². The van der Waals surface area contributed by atoms with Gasteiger partial charge in [-0.1, -0.05) is 43.1 Å². The number of nitrogens with one attached hydrogen (secondary N) is 1. The molecule has 130 valence electrons. The minimum Gasteiger partial charge on any atom is -0.328 e. The molecular formula is C18H18Cl2N4O. The molecule has 1 aromatic heterocycles. The zero-order chi connectivity index (χ0) is 17.9. The van der Waals surface area contributed by atoms with E-state index in [1.54, 1.807) is 16.8 Å². The zero-order valence-electron chi connectivity index (χ0n) is 14.2. The zero-order valence-corrected chi connectivity index (χ0v) is 15.7. The number of halogens is 2. The predicted octanol–water partition coefficient (Wildman–Crippen LogP) is 4.55. The fourth-order valence-electron chi connectivity index (χ4n) is 3.73. The van der Waals surface area contributed by atoms with Gasteiger partial charge in [-0.25, -0.2) is 4.68 Å². The molecule has 0 amide bonds. The van der Waals surface area contributed by atoms with Crippen molar-refractivity contribution in [2.24, 2.45) is 5.41 Å². The highest BCUT2D eigenvalue weighted by molar-refractivity contribution is 6.35. The minimum absolute atomic E-state index is 0.0888. The van der Waals surface area contributed by atoms with Crippen LogP contribution in [0, 0.1) is 12.3 Å². The minimum atomic E-state index is -0.388. The quantitative estimate of drug-likeness (QED) is 0.792. The molecule has 2 aliphatic rings. The number of carbonyl (C=O) groups excluding carboxylic acids is 1. The molecule has 25 heavy (non-hydrogen) atoms. The second-order valence-electron chi connectivity index (χ2n) is 7.45. The Morgan fingerprint density at radius 2 is 2.04 bits per heavy atom. The Morgan fingerprint density at radius 1 is 1.28 bits per heavy atom. The molecule has 4 rings (SSSR count). The molecule has 0 fully saturated rings. The Hall–Kier alpha value is -1.85. The summed E-state index contributed by atoms with van der Waals surface area (Å²) in [5.74, 6) is 1.40. The second-order valence-corrected chi connectivity index (χ2v) is 8.30. The molecule has 1 unspecified atom stereocenters. The lowest BCUT2D eigenvalue weighted by Crippen LogP contribution is -2.36. The Labute approximate surface area is 156 Å². The summed E-state index contributed by atoms with van der Waals surface area (Å²) in [6.07, 6.45) is 1.28. The van der Waals surface area contributed by atoms with Gasteiger partial charge in [0.1, 0.15) is 11.9 Å². The van der Waals surface area contributed by atoms with E-state index in [-0.39, 0.29) is 17.2 Å². The molecule has 1 aliphatic heterocycles. The summed E-state index contributed by atoms with van der Waals surface area (Å²) >= 11 is 12.5. The van der Waals surface area contributed by atoms with Gasteiger partial charge < -0.3 is 5.32 Å². The number of aromatic nitrogens is 3. The summed E-state index contributed by atoms with van der Waals surface area (Å²) in [5.41, 5.74) is 2.35. The first-order valence-electron chi connectivity index (χ1n) is 8.16. The molecule has 2 heterocycles. The Morgan fingerprint density at radius 3 is 2.76 bits per heavy atom. The van der Waals surface area contributed by atoms with Gasteiger partial charge in [0.05, 0.1) is 0 Å². The third kappa shape index (κ3) is 2.75. The lowest BCUT2D eigenvalue weighted by molar-refractivity contribution is -0.118. The molecule has 0 spiro atoms. The van der Waals surface area contributed by atoms with E-state index in [4.69, 9.17) is 23.2 Å². The smallest absolute Gasteiger partial charge is 0.226 e. The van der Waals surface area contributed by atoms with E-state index >= 15 is 0 Å². The van der Waals surface area contributed by atoms with Crippen molar-refractivity contribution >= 4 is 34.9 Å². The van der Waals surface area contributed by atoms with Crippen LogP contribution < -0.4 is 5.32 Å². The van der Waals surface area contributed by atoms with Gasteiger partial charge >= 0.3 is 0 Å². The maximum absolute atomic E-state index is 13.0. The molecule has 1 N–H and O–H groups in total. The van der Waals surface area contributed by atoms with Crippen LogP contribution in [-0.4, -0.2) is 20.5 Å². The average Bonchev–Trinajstić information content (AvgIpc) is 2.84. The van der Waals surface area contributed by atoms with Crippen molar-refractivity contribution in [3.8, 4) is 0 Å². The first kappa shape index (κ1) is 16.6. The molecular weight excluding hydrogens is 359 g/mol. The van der Waals surface area contributed by atoms with Crippen molar-refractivity contribution in [3.63, 3.8) is 0 Å². The number of rotatable bonds is 1. The summed E-state index contributed by atoms with van der Waals surface area (Å²) in [6, 6.07) is 4.95. The number of nitrogens with zero attached hydrogens (tertiary/aromatic N) is 3. The summed E-state index contributed by atoms with van der Waals surface area (Å²) in [6.45, 7) is 6.04. The van der Waals surface area contributed by atoms with Crippen LogP contribution in [0.5, 0.6) is 0 Å². The number of Topliss-reactive ketones (excluding diaryl/α,β-unsaturated/α-hetero) is 1. The van der Waals surface area contributed by atoms with Crippen molar-refractivity contribution in [1.82, 2.24) is 14.8 Å². The van der Waals surface area contributed by atoms with Gasteiger partial charge in [-0.2, -0.15) is 10.1 Å².